The third-order valence-electron chi connectivity index (χ3n) is 3.47. The average Bonchev–Trinajstić information content (AvgIpc) is 3.06. The lowest BCUT2D eigenvalue weighted by Crippen LogP contribution is -2.13. The molecule has 1 atom stereocenters. The Balaban J connectivity index is 2.04. The van der Waals surface area contributed by atoms with Crippen LogP contribution in [0.2, 0.25) is 0 Å². The van der Waals surface area contributed by atoms with E-state index in [4.69, 9.17) is 17.0 Å². The maximum atomic E-state index is 5.66. The van der Waals surface area contributed by atoms with Gasteiger partial charge in [-0.2, -0.15) is 5.10 Å². The van der Waals surface area contributed by atoms with Crippen LogP contribution in [0.5, 0.6) is 5.75 Å². The summed E-state index contributed by atoms with van der Waals surface area (Å²) in [4.78, 5) is 3.26. The van der Waals surface area contributed by atoms with Gasteiger partial charge in [0.25, 0.3) is 0 Å². The molecule has 110 valence electrons. The van der Waals surface area contributed by atoms with Gasteiger partial charge in [0.15, 0.2) is 4.77 Å². The third kappa shape index (κ3) is 2.58. The summed E-state index contributed by atoms with van der Waals surface area (Å²) in [5, 5.41) is 4.26. The van der Waals surface area contributed by atoms with Crippen molar-refractivity contribution in [1.29, 1.82) is 0 Å². The molecule has 0 saturated carbocycles. The van der Waals surface area contributed by atoms with Crippen molar-refractivity contribution in [3.05, 3.63) is 41.4 Å². The van der Waals surface area contributed by atoms with Gasteiger partial charge in [0.2, 0.25) is 0 Å². The first kappa shape index (κ1) is 13.9. The molecule has 0 amide bonds. The Kier molecular flexibility index (Phi) is 3.79. The van der Waals surface area contributed by atoms with Crippen molar-refractivity contribution < 1.29 is 4.74 Å². The van der Waals surface area contributed by atoms with E-state index in [1.165, 1.54) is 0 Å². The fourth-order valence-electron chi connectivity index (χ4n) is 2.60. The van der Waals surface area contributed by atoms with Crippen LogP contribution in [0.25, 0.3) is 11.0 Å². The van der Waals surface area contributed by atoms with Crippen molar-refractivity contribution in [2.24, 2.45) is 0 Å². The van der Waals surface area contributed by atoms with Crippen LogP contribution in [0.3, 0.4) is 0 Å². The number of benzene rings is 1. The SMILES string of the molecule is CCOc1cccc2c1[nH]c(=S)n2C(C)Cn1cccn1. The second-order valence-electron chi connectivity index (χ2n) is 4.96. The molecule has 1 unspecified atom stereocenters. The normalized spacial score (nSPS) is 12.7. The number of aromatic amines is 1. The minimum Gasteiger partial charge on any atom is -0.492 e. The number of ether oxygens (including phenoxy) is 1. The van der Waals surface area contributed by atoms with Crippen molar-refractivity contribution in [3.8, 4) is 5.75 Å². The Morgan fingerprint density at radius 2 is 2.24 bits per heavy atom. The first-order valence-electron chi connectivity index (χ1n) is 7.04. The molecule has 0 aliphatic heterocycles. The molecule has 0 bridgehead atoms. The lowest BCUT2D eigenvalue weighted by Gasteiger charge is -2.15. The van der Waals surface area contributed by atoms with Crippen LogP contribution >= 0.6 is 12.2 Å². The summed E-state index contributed by atoms with van der Waals surface area (Å²) in [5.41, 5.74) is 2.02. The second-order valence-corrected chi connectivity index (χ2v) is 5.35. The molecule has 0 aliphatic carbocycles. The van der Waals surface area contributed by atoms with Crippen molar-refractivity contribution in [2.75, 3.05) is 6.61 Å². The van der Waals surface area contributed by atoms with E-state index in [-0.39, 0.29) is 6.04 Å². The van der Waals surface area contributed by atoms with E-state index in [0.29, 0.717) is 11.4 Å². The smallest absolute Gasteiger partial charge is 0.178 e. The van der Waals surface area contributed by atoms with Gasteiger partial charge < -0.3 is 14.3 Å². The molecule has 5 nitrogen and oxygen atoms in total. The summed E-state index contributed by atoms with van der Waals surface area (Å²) in [6, 6.07) is 8.13. The lowest BCUT2D eigenvalue weighted by atomic mass is 10.2. The number of hydrogen-bond donors (Lipinski definition) is 1. The Labute approximate surface area is 128 Å². The Hall–Kier alpha value is -2.08. The number of imidazole rings is 1. The fraction of sp³-hybridized carbons (Fsp3) is 0.333. The van der Waals surface area contributed by atoms with Gasteiger partial charge in [-0.3, -0.25) is 4.68 Å². The molecule has 1 aromatic carbocycles. The van der Waals surface area contributed by atoms with Gasteiger partial charge in [-0.1, -0.05) is 6.07 Å². The Morgan fingerprint density at radius 1 is 1.38 bits per heavy atom. The highest BCUT2D eigenvalue weighted by Gasteiger charge is 2.14. The summed E-state index contributed by atoms with van der Waals surface area (Å²) >= 11 is 5.49. The van der Waals surface area contributed by atoms with Crippen LogP contribution in [0.4, 0.5) is 0 Å². The van der Waals surface area contributed by atoms with Gasteiger partial charge in [-0.25, -0.2) is 0 Å². The van der Waals surface area contributed by atoms with Crippen molar-refractivity contribution in [1.82, 2.24) is 19.3 Å². The lowest BCUT2D eigenvalue weighted by molar-refractivity contribution is 0.343. The van der Waals surface area contributed by atoms with E-state index in [2.05, 4.69) is 27.6 Å². The molecule has 21 heavy (non-hydrogen) atoms. The van der Waals surface area contributed by atoms with Gasteiger partial charge in [0.1, 0.15) is 11.3 Å². The molecule has 0 fully saturated rings. The predicted octanol–water partition coefficient (Wildman–Crippen LogP) is 3.56. The summed E-state index contributed by atoms with van der Waals surface area (Å²) in [6.45, 7) is 5.52. The van der Waals surface area contributed by atoms with Gasteiger partial charge in [-0.05, 0) is 44.3 Å². The largest absolute Gasteiger partial charge is 0.492 e. The summed E-state index contributed by atoms with van der Waals surface area (Å²) in [5.74, 6) is 0.839. The predicted molar refractivity (Wildman–Crippen MR) is 85.2 cm³/mol. The molecule has 3 rings (SSSR count). The van der Waals surface area contributed by atoms with E-state index in [0.717, 1.165) is 23.3 Å². The van der Waals surface area contributed by atoms with Gasteiger partial charge in [0.05, 0.1) is 24.7 Å². The van der Waals surface area contributed by atoms with Crippen LogP contribution in [0.15, 0.2) is 36.7 Å². The first-order valence-corrected chi connectivity index (χ1v) is 7.45. The number of aromatic nitrogens is 4. The minimum atomic E-state index is 0.197. The van der Waals surface area contributed by atoms with E-state index in [1.807, 2.05) is 36.0 Å². The number of H-pyrrole nitrogens is 1. The van der Waals surface area contributed by atoms with Crippen molar-refractivity contribution in [3.63, 3.8) is 0 Å². The van der Waals surface area contributed by atoms with Crippen LogP contribution in [0.1, 0.15) is 19.9 Å². The molecule has 2 heterocycles. The van der Waals surface area contributed by atoms with Crippen LogP contribution < -0.4 is 4.74 Å². The van der Waals surface area contributed by atoms with E-state index in [1.54, 1.807) is 6.20 Å². The number of nitrogens with zero attached hydrogens (tertiary/aromatic N) is 3. The highest BCUT2D eigenvalue weighted by Crippen LogP contribution is 2.27. The fourth-order valence-corrected chi connectivity index (χ4v) is 2.98. The zero-order valence-corrected chi connectivity index (χ0v) is 12.9. The number of rotatable bonds is 5. The maximum absolute atomic E-state index is 5.66. The van der Waals surface area contributed by atoms with E-state index >= 15 is 0 Å². The number of fused-ring (bicyclic) bond motifs is 1. The molecule has 1 N–H and O–H groups in total. The third-order valence-corrected chi connectivity index (χ3v) is 3.76. The minimum absolute atomic E-state index is 0.197. The van der Waals surface area contributed by atoms with Gasteiger partial charge >= 0.3 is 0 Å². The quantitative estimate of drug-likeness (QED) is 0.733. The molecule has 0 radical (unpaired) electrons. The monoisotopic (exact) mass is 302 g/mol. The second kappa shape index (κ2) is 5.73. The van der Waals surface area contributed by atoms with Crippen molar-refractivity contribution in [2.45, 2.75) is 26.4 Å². The molecule has 2 aromatic heterocycles. The molecule has 3 aromatic rings. The topological polar surface area (TPSA) is 47.8 Å². The van der Waals surface area contributed by atoms with E-state index in [9.17, 15) is 0 Å². The molecule has 0 aliphatic rings. The zero-order valence-electron chi connectivity index (χ0n) is 12.1. The first-order chi connectivity index (χ1) is 10.2. The Bertz CT molecular complexity index is 788. The summed E-state index contributed by atoms with van der Waals surface area (Å²) in [7, 11) is 0. The van der Waals surface area contributed by atoms with Gasteiger partial charge in [0, 0.05) is 12.4 Å². The maximum Gasteiger partial charge on any atom is 0.178 e. The Morgan fingerprint density at radius 3 is 2.95 bits per heavy atom. The standard InChI is InChI=1S/C15H18N4OS/c1-3-20-13-7-4-6-12-14(13)17-15(21)19(12)11(2)10-18-9-5-8-16-18/h4-9,11H,3,10H2,1-2H3,(H,17,21). The average molecular weight is 302 g/mol. The molecule has 0 saturated heterocycles. The highest BCUT2D eigenvalue weighted by atomic mass is 32.1. The molecule has 6 heteroatoms. The highest BCUT2D eigenvalue weighted by molar-refractivity contribution is 7.71. The number of para-hydroxylation sites is 1. The van der Waals surface area contributed by atoms with Gasteiger partial charge in [-0.15, -0.1) is 0 Å². The molecule has 0 spiro atoms. The number of nitrogens with one attached hydrogen (secondary N) is 1. The molecular formula is C15H18N4OS. The zero-order chi connectivity index (χ0) is 14.8. The van der Waals surface area contributed by atoms with E-state index < -0.39 is 0 Å². The van der Waals surface area contributed by atoms with Crippen LogP contribution in [-0.2, 0) is 6.54 Å². The summed E-state index contributed by atoms with van der Waals surface area (Å²) < 4.78 is 10.4. The molecular weight excluding hydrogens is 284 g/mol. The van der Waals surface area contributed by atoms with Crippen molar-refractivity contribution >= 4 is 23.3 Å². The number of hydrogen-bond acceptors (Lipinski definition) is 3. The van der Waals surface area contributed by atoms with Crippen LogP contribution in [0, 0.1) is 4.77 Å². The summed E-state index contributed by atoms with van der Waals surface area (Å²) in [6.07, 6.45) is 3.75. The van der Waals surface area contributed by atoms with Crippen LogP contribution in [-0.4, -0.2) is 25.9 Å².